The number of nitrogens with one attached hydrogen (secondary N) is 2. The summed E-state index contributed by atoms with van der Waals surface area (Å²) in [5.74, 6) is -0.904. The van der Waals surface area contributed by atoms with Crippen LogP contribution in [0.15, 0.2) is 65.6 Å². The van der Waals surface area contributed by atoms with E-state index in [1.165, 1.54) is 25.3 Å². The lowest BCUT2D eigenvalue weighted by atomic mass is 10.00. The van der Waals surface area contributed by atoms with Crippen LogP contribution in [0.25, 0.3) is 10.8 Å². The van der Waals surface area contributed by atoms with Gasteiger partial charge in [0, 0.05) is 5.69 Å². The van der Waals surface area contributed by atoms with Gasteiger partial charge in [-0.3, -0.25) is 9.59 Å². The van der Waals surface area contributed by atoms with Crippen molar-refractivity contribution in [3.63, 3.8) is 0 Å². The van der Waals surface area contributed by atoms with Crippen LogP contribution in [0.4, 0.5) is 5.69 Å². The Balaban J connectivity index is 1.76. The Morgan fingerprint density at radius 1 is 1.03 bits per heavy atom. The molecule has 0 aliphatic rings. The molecule has 3 rings (SSSR count). The zero-order chi connectivity index (χ0) is 24.2. The van der Waals surface area contributed by atoms with Gasteiger partial charge in [-0.05, 0) is 40.5 Å². The number of carbonyl (C=O) groups is 2. The Morgan fingerprint density at radius 3 is 2.39 bits per heavy atom. The van der Waals surface area contributed by atoms with Crippen molar-refractivity contribution in [3.8, 4) is 5.75 Å². The molecule has 174 valence electrons. The highest BCUT2D eigenvalue weighted by Crippen LogP contribution is 2.26. The number of benzene rings is 3. The van der Waals surface area contributed by atoms with Crippen molar-refractivity contribution < 1.29 is 22.7 Å². The summed E-state index contributed by atoms with van der Waals surface area (Å²) in [5.41, 5.74) is 1.08. The lowest BCUT2D eigenvalue weighted by molar-refractivity contribution is -0.127. The third-order valence-electron chi connectivity index (χ3n) is 5.23. The average molecular weight is 470 g/mol. The fourth-order valence-electron chi connectivity index (χ4n) is 3.58. The molecule has 9 heteroatoms. The topological polar surface area (TPSA) is 128 Å². The second-order valence-corrected chi connectivity index (χ2v) is 9.53. The molecule has 1 atom stereocenters. The fraction of sp³-hybridized carbons (Fsp3) is 0.250. The minimum atomic E-state index is -4.06. The first-order valence-corrected chi connectivity index (χ1v) is 11.9. The van der Waals surface area contributed by atoms with Crippen molar-refractivity contribution in [2.75, 3.05) is 12.4 Å². The molecule has 0 saturated carbocycles. The normalized spacial score (nSPS) is 12.4. The highest BCUT2D eigenvalue weighted by Gasteiger charge is 2.25. The molecule has 2 amide bonds. The lowest BCUT2D eigenvalue weighted by Gasteiger charge is -2.22. The van der Waals surface area contributed by atoms with E-state index in [4.69, 9.17) is 9.88 Å². The molecule has 0 radical (unpaired) electrons. The van der Waals surface area contributed by atoms with Gasteiger partial charge in [0.2, 0.25) is 21.8 Å². The highest BCUT2D eigenvalue weighted by molar-refractivity contribution is 7.89. The second kappa shape index (κ2) is 10.0. The quantitative estimate of drug-likeness (QED) is 0.467. The minimum absolute atomic E-state index is 0.0688. The van der Waals surface area contributed by atoms with Crippen LogP contribution in [0.3, 0.4) is 0 Å². The number of carbonyl (C=O) groups excluding carboxylic acids is 2. The Labute approximate surface area is 193 Å². The van der Waals surface area contributed by atoms with Crippen molar-refractivity contribution in [2.24, 2.45) is 11.1 Å². The van der Waals surface area contributed by atoms with Crippen molar-refractivity contribution in [1.29, 1.82) is 0 Å². The SMILES string of the molecule is COc1ccc(NC(=O)[C@@H](NC(=O)Cc2cccc3ccccc23)C(C)C)cc1S(N)(=O)=O. The van der Waals surface area contributed by atoms with Crippen molar-refractivity contribution in [3.05, 3.63) is 66.2 Å². The van der Waals surface area contributed by atoms with E-state index >= 15 is 0 Å². The van der Waals surface area contributed by atoms with Gasteiger partial charge in [0.25, 0.3) is 0 Å². The largest absolute Gasteiger partial charge is 0.495 e. The molecule has 0 spiro atoms. The van der Waals surface area contributed by atoms with E-state index in [0.29, 0.717) is 0 Å². The molecular formula is C24H27N3O5S. The number of fused-ring (bicyclic) bond motifs is 1. The number of anilines is 1. The van der Waals surface area contributed by atoms with Gasteiger partial charge < -0.3 is 15.4 Å². The van der Waals surface area contributed by atoms with Crippen LogP contribution in [0, 0.1) is 5.92 Å². The summed E-state index contributed by atoms with van der Waals surface area (Å²) in [6, 6.07) is 16.8. The first kappa shape index (κ1) is 24.2. The van der Waals surface area contributed by atoms with Crippen molar-refractivity contribution in [2.45, 2.75) is 31.2 Å². The number of hydrogen-bond acceptors (Lipinski definition) is 5. The number of methoxy groups -OCH3 is 1. The summed E-state index contributed by atoms with van der Waals surface area (Å²) in [4.78, 5) is 25.5. The number of sulfonamides is 1. The van der Waals surface area contributed by atoms with Gasteiger partial charge in [-0.2, -0.15) is 0 Å². The van der Waals surface area contributed by atoms with Crippen LogP contribution in [0.2, 0.25) is 0 Å². The van der Waals surface area contributed by atoms with Crippen molar-refractivity contribution in [1.82, 2.24) is 5.32 Å². The highest BCUT2D eigenvalue weighted by atomic mass is 32.2. The molecule has 0 aliphatic heterocycles. The lowest BCUT2D eigenvalue weighted by Crippen LogP contribution is -2.47. The second-order valence-electron chi connectivity index (χ2n) is 8.00. The zero-order valence-corrected chi connectivity index (χ0v) is 19.5. The van der Waals surface area contributed by atoms with Crippen LogP contribution in [0.1, 0.15) is 19.4 Å². The third-order valence-corrected chi connectivity index (χ3v) is 6.17. The molecule has 4 N–H and O–H groups in total. The van der Waals surface area contributed by atoms with E-state index in [2.05, 4.69) is 10.6 Å². The van der Waals surface area contributed by atoms with E-state index in [1.807, 2.05) is 56.3 Å². The van der Waals surface area contributed by atoms with Gasteiger partial charge >= 0.3 is 0 Å². The molecule has 8 nitrogen and oxygen atoms in total. The van der Waals surface area contributed by atoms with E-state index in [-0.39, 0.29) is 34.6 Å². The number of ether oxygens (including phenoxy) is 1. The van der Waals surface area contributed by atoms with Crippen LogP contribution < -0.4 is 20.5 Å². The third kappa shape index (κ3) is 5.88. The maximum atomic E-state index is 12.9. The summed E-state index contributed by atoms with van der Waals surface area (Å²) in [6.07, 6.45) is 0.121. The Bertz CT molecular complexity index is 1280. The molecule has 3 aromatic rings. The van der Waals surface area contributed by atoms with Gasteiger partial charge in [-0.1, -0.05) is 56.3 Å². The number of amides is 2. The molecule has 3 aromatic carbocycles. The maximum absolute atomic E-state index is 12.9. The molecular weight excluding hydrogens is 442 g/mol. The number of primary sulfonamides is 1. The van der Waals surface area contributed by atoms with E-state index in [1.54, 1.807) is 0 Å². The van der Waals surface area contributed by atoms with E-state index < -0.39 is 22.0 Å². The summed E-state index contributed by atoms with van der Waals surface area (Å²) in [7, 11) is -2.74. The molecule has 33 heavy (non-hydrogen) atoms. The summed E-state index contributed by atoms with van der Waals surface area (Å²) in [6.45, 7) is 3.62. The molecule has 0 bridgehead atoms. The fourth-order valence-corrected chi connectivity index (χ4v) is 4.30. The Hall–Kier alpha value is -3.43. The van der Waals surface area contributed by atoms with Gasteiger partial charge in [-0.25, -0.2) is 13.6 Å². The van der Waals surface area contributed by atoms with Crippen LogP contribution >= 0.6 is 0 Å². The number of hydrogen-bond donors (Lipinski definition) is 3. The molecule has 0 fully saturated rings. The zero-order valence-electron chi connectivity index (χ0n) is 18.7. The standard InChI is InChI=1S/C24H27N3O5S/c1-15(2)23(24(29)26-18-11-12-20(32-3)21(14-18)33(25,30)31)27-22(28)13-17-9-6-8-16-7-4-5-10-19(16)17/h4-12,14-15,23H,13H2,1-3H3,(H,26,29)(H,27,28)(H2,25,30,31)/t23-/m0/s1. The summed E-state index contributed by atoms with van der Waals surface area (Å²) in [5, 5.41) is 12.7. The van der Waals surface area contributed by atoms with Gasteiger partial charge in [0.1, 0.15) is 16.7 Å². The van der Waals surface area contributed by atoms with E-state index in [9.17, 15) is 18.0 Å². The van der Waals surface area contributed by atoms with Crippen LogP contribution in [0.5, 0.6) is 5.75 Å². The van der Waals surface area contributed by atoms with Crippen molar-refractivity contribution >= 4 is 38.3 Å². The predicted molar refractivity (Wildman–Crippen MR) is 127 cm³/mol. The first-order valence-electron chi connectivity index (χ1n) is 10.4. The first-order chi connectivity index (χ1) is 15.6. The maximum Gasteiger partial charge on any atom is 0.247 e. The molecule has 0 saturated heterocycles. The predicted octanol–water partition coefficient (Wildman–Crippen LogP) is 2.82. The van der Waals surface area contributed by atoms with Crippen LogP contribution in [-0.4, -0.2) is 33.4 Å². The molecule has 0 heterocycles. The minimum Gasteiger partial charge on any atom is -0.495 e. The van der Waals surface area contributed by atoms with Gasteiger partial charge in [0.15, 0.2) is 0 Å². The number of nitrogens with two attached hydrogens (primary N) is 1. The Kier molecular flexibility index (Phi) is 7.35. The van der Waals surface area contributed by atoms with Gasteiger partial charge in [-0.15, -0.1) is 0 Å². The molecule has 0 aromatic heterocycles. The Morgan fingerprint density at radius 2 is 1.73 bits per heavy atom. The summed E-state index contributed by atoms with van der Waals surface area (Å²) >= 11 is 0. The smallest absolute Gasteiger partial charge is 0.247 e. The summed E-state index contributed by atoms with van der Waals surface area (Å²) < 4.78 is 28.7. The molecule has 0 aliphatic carbocycles. The van der Waals surface area contributed by atoms with Crippen LogP contribution in [-0.2, 0) is 26.0 Å². The molecule has 0 unspecified atom stereocenters. The number of rotatable bonds is 8. The monoisotopic (exact) mass is 469 g/mol. The van der Waals surface area contributed by atoms with Gasteiger partial charge in [0.05, 0.1) is 13.5 Å². The average Bonchev–Trinajstić information content (AvgIpc) is 2.77. The van der Waals surface area contributed by atoms with E-state index in [0.717, 1.165) is 16.3 Å².